The molecule has 1 unspecified atom stereocenters. The summed E-state index contributed by atoms with van der Waals surface area (Å²) in [6.07, 6.45) is 0.195. The molecule has 1 fully saturated rings. The van der Waals surface area contributed by atoms with Crippen molar-refractivity contribution in [3.8, 4) is 0 Å². The van der Waals surface area contributed by atoms with Crippen LogP contribution in [0.3, 0.4) is 0 Å². The standard InChI is InChI=1S/C12H14N4O2/c13-7-1-2-10-9(5-7)11(15-14-10)12(18)16-4-3-8(17)6-16/h1-2,5,8,17H,3-4,6,13H2,(H,14,15). The normalized spacial score (nSPS) is 19.6. The van der Waals surface area contributed by atoms with Crippen molar-refractivity contribution in [1.29, 1.82) is 0 Å². The number of hydrogen-bond donors (Lipinski definition) is 3. The second-order valence-electron chi connectivity index (χ2n) is 4.57. The van der Waals surface area contributed by atoms with E-state index in [9.17, 15) is 9.90 Å². The van der Waals surface area contributed by atoms with Crippen molar-refractivity contribution in [2.24, 2.45) is 0 Å². The molecule has 1 aliphatic heterocycles. The number of rotatable bonds is 1. The zero-order chi connectivity index (χ0) is 12.7. The maximum Gasteiger partial charge on any atom is 0.275 e. The Balaban J connectivity index is 1.99. The van der Waals surface area contributed by atoms with Gasteiger partial charge in [0, 0.05) is 24.2 Å². The molecular weight excluding hydrogens is 232 g/mol. The van der Waals surface area contributed by atoms with Crippen molar-refractivity contribution >= 4 is 22.5 Å². The second-order valence-corrected chi connectivity index (χ2v) is 4.57. The minimum Gasteiger partial charge on any atom is -0.399 e. The minimum absolute atomic E-state index is 0.164. The lowest BCUT2D eigenvalue weighted by molar-refractivity contribution is 0.0761. The van der Waals surface area contributed by atoms with Crippen molar-refractivity contribution in [2.75, 3.05) is 18.8 Å². The summed E-state index contributed by atoms with van der Waals surface area (Å²) in [6.45, 7) is 0.937. The molecule has 2 heterocycles. The second kappa shape index (κ2) is 3.99. The number of aliphatic hydroxyl groups excluding tert-OH is 1. The maximum atomic E-state index is 12.3. The third-order valence-corrected chi connectivity index (χ3v) is 3.24. The van der Waals surface area contributed by atoms with Crippen LogP contribution in [0.2, 0.25) is 0 Å². The average molecular weight is 246 g/mol. The molecule has 6 heteroatoms. The Labute approximate surface area is 103 Å². The molecule has 3 rings (SSSR count). The number of anilines is 1. The summed E-state index contributed by atoms with van der Waals surface area (Å²) in [5.74, 6) is -0.164. The lowest BCUT2D eigenvalue weighted by atomic mass is 10.2. The molecule has 0 spiro atoms. The molecule has 0 aliphatic carbocycles. The van der Waals surface area contributed by atoms with Gasteiger partial charge < -0.3 is 15.7 Å². The maximum absolute atomic E-state index is 12.3. The number of H-pyrrole nitrogens is 1. The number of carbonyl (C=O) groups excluding carboxylic acids is 1. The van der Waals surface area contributed by atoms with Gasteiger partial charge in [-0.25, -0.2) is 0 Å². The first-order valence-corrected chi connectivity index (χ1v) is 5.86. The number of aromatic nitrogens is 2. The Morgan fingerprint density at radius 1 is 1.56 bits per heavy atom. The van der Waals surface area contributed by atoms with E-state index < -0.39 is 6.10 Å². The highest BCUT2D eigenvalue weighted by Gasteiger charge is 2.27. The first-order valence-electron chi connectivity index (χ1n) is 5.86. The van der Waals surface area contributed by atoms with Crippen molar-refractivity contribution in [1.82, 2.24) is 15.1 Å². The Hall–Kier alpha value is -2.08. The Bertz CT molecular complexity index is 607. The van der Waals surface area contributed by atoms with Crippen LogP contribution in [0.25, 0.3) is 10.9 Å². The van der Waals surface area contributed by atoms with E-state index in [1.807, 2.05) is 0 Å². The number of benzene rings is 1. The van der Waals surface area contributed by atoms with Crippen LogP contribution in [-0.2, 0) is 0 Å². The van der Waals surface area contributed by atoms with E-state index in [-0.39, 0.29) is 5.91 Å². The number of nitrogens with one attached hydrogen (secondary N) is 1. The number of β-amino-alcohol motifs (C(OH)–C–C–N with tert-alkyl or cyclic N) is 1. The molecule has 1 aliphatic rings. The number of aliphatic hydroxyl groups is 1. The molecule has 18 heavy (non-hydrogen) atoms. The van der Waals surface area contributed by atoms with Crippen LogP contribution in [0.15, 0.2) is 18.2 Å². The number of nitrogens with zero attached hydrogens (tertiary/aromatic N) is 2. The summed E-state index contributed by atoms with van der Waals surface area (Å²) < 4.78 is 0. The molecule has 0 saturated carbocycles. The number of fused-ring (bicyclic) bond motifs is 1. The van der Waals surface area contributed by atoms with Gasteiger partial charge in [-0.3, -0.25) is 9.89 Å². The van der Waals surface area contributed by atoms with E-state index in [0.29, 0.717) is 30.9 Å². The van der Waals surface area contributed by atoms with Gasteiger partial charge in [-0.1, -0.05) is 0 Å². The van der Waals surface area contributed by atoms with Crippen molar-refractivity contribution in [3.05, 3.63) is 23.9 Å². The van der Waals surface area contributed by atoms with E-state index in [1.54, 1.807) is 23.1 Å². The predicted molar refractivity (Wildman–Crippen MR) is 67.0 cm³/mol. The van der Waals surface area contributed by atoms with Crippen molar-refractivity contribution in [2.45, 2.75) is 12.5 Å². The number of nitrogen functional groups attached to an aromatic ring is 1. The largest absolute Gasteiger partial charge is 0.399 e. The quantitative estimate of drug-likeness (QED) is 0.633. The van der Waals surface area contributed by atoms with Gasteiger partial charge in [0.25, 0.3) is 5.91 Å². The summed E-state index contributed by atoms with van der Waals surface area (Å²) in [5.41, 5.74) is 7.47. The monoisotopic (exact) mass is 246 g/mol. The predicted octanol–water partition coefficient (Wildman–Crippen LogP) is 0.352. The SMILES string of the molecule is Nc1ccc2[nH]nc(C(=O)N3CCC(O)C3)c2c1. The van der Waals surface area contributed by atoms with Crippen molar-refractivity contribution in [3.63, 3.8) is 0 Å². The zero-order valence-corrected chi connectivity index (χ0v) is 9.76. The molecule has 6 nitrogen and oxygen atoms in total. The molecule has 0 bridgehead atoms. The van der Waals surface area contributed by atoms with Crippen LogP contribution in [0, 0.1) is 0 Å². The van der Waals surface area contributed by atoms with Gasteiger partial charge in [0.1, 0.15) is 0 Å². The minimum atomic E-state index is -0.427. The molecule has 1 aromatic heterocycles. The molecular formula is C12H14N4O2. The lowest BCUT2D eigenvalue weighted by Gasteiger charge is -2.13. The smallest absolute Gasteiger partial charge is 0.275 e. The Morgan fingerprint density at radius 2 is 2.39 bits per heavy atom. The number of likely N-dealkylation sites (tertiary alicyclic amines) is 1. The summed E-state index contributed by atoms with van der Waals surface area (Å²) >= 11 is 0. The van der Waals surface area contributed by atoms with Gasteiger partial charge in [0.15, 0.2) is 5.69 Å². The van der Waals surface area contributed by atoms with E-state index in [2.05, 4.69) is 10.2 Å². The van der Waals surface area contributed by atoms with E-state index >= 15 is 0 Å². The van der Waals surface area contributed by atoms with Gasteiger partial charge in [0.05, 0.1) is 11.6 Å². The van der Waals surface area contributed by atoms with E-state index in [1.165, 1.54) is 0 Å². The summed E-state index contributed by atoms with van der Waals surface area (Å²) in [4.78, 5) is 13.9. The van der Waals surface area contributed by atoms with Crippen LogP contribution in [0.1, 0.15) is 16.9 Å². The van der Waals surface area contributed by atoms with Crippen LogP contribution < -0.4 is 5.73 Å². The lowest BCUT2D eigenvalue weighted by Crippen LogP contribution is -2.29. The van der Waals surface area contributed by atoms with E-state index in [0.717, 1.165) is 10.9 Å². The van der Waals surface area contributed by atoms with Gasteiger partial charge in [0.2, 0.25) is 0 Å². The summed E-state index contributed by atoms with van der Waals surface area (Å²) in [5, 5.41) is 17.1. The molecule has 2 aromatic rings. The first-order chi connectivity index (χ1) is 8.65. The van der Waals surface area contributed by atoms with Gasteiger partial charge in [-0.05, 0) is 24.6 Å². The van der Waals surface area contributed by atoms with E-state index in [4.69, 9.17) is 5.73 Å². The molecule has 0 radical (unpaired) electrons. The molecule has 94 valence electrons. The van der Waals surface area contributed by atoms with Crippen LogP contribution in [0.5, 0.6) is 0 Å². The Morgan fingerprint density at radius 3 is 3.11 bits per heavy atom. The topological polar surface area (TPSA) is 95.2 Å². The van der Waals surface area contributed by atoms with Gasteiger partial charge >= 0.3 is 0 Å². The molecule has 1 aromatic carbocycles. The fraction of sp³-hybridized carbons (Fsp3) is 0.333. The fourth-order valence-electron chi connectivity index (χ4n) is 2.27. The number of carbonyl (C=O) groups is 1. The zero-order valence-electron chi connectivity index (χ0n) is 9.76. The van der Waals surface area contributed by atoms with Crippen LogP contribution in [-0.4, -0.2) is 45.3 Å². The molecule has 4 N–H and O–H groups in total. The highest BCUT2D eigenvalue weighted by molar-refractivity contribution is 6.05. The van der Waals surface area contributed by atoms with Gasteiger partial charge in [-0.15, -0.1) is 0 Å². The molecule has 1 amide bonds. The highest BCUT2D eigenvalue weighted by Crippen LogP contribution is 2.21. The fourth-order valence-corrected chi connectivity index (χ4v) is 2.27. The summed E-state index contributed by atoms with van der Waals surface area (Å²) in [6, 6.07) is 5.29. The summed E-state index contributed by atoms with van der Waals surface area (Å²) in [7, 11) is 0. The number of nitrogens with two attached hydrogens (primary N) is 1. The third kappa shape index (κ3) is 1.70. The average Bonchev–Trinajstić information content (AvgIpc) is 2.94. The van der Waals surface area contributed by atoms with Crippen LogP contribution >= 0.6 is 0 Å². The number of hydrogen-bond acceptors (Lipinski definition) is 4. The molecule has 1 saturated heterocycles. The number of aromatic amines is 1. The van der Waals surface area contributed by atoms with Crippen molar-refractivity contribution < 1.29 is 9.90 Å². The molecule has 1 atom stereocenters. The first kappa shape index (κ1) is 11.0. The Kier molecular flexibility index (Phi) is 2.45. The number of amides is 1. The van der Waals surface area contributed by atoms with Gasteiger partial charge in [-0.2, -0.15) is 5.10 Å². The highest BCUT2D eigenvalue weighted by atomic mass is 16.3. The third-order valence-electron chi connectivity index (χ3n) is 3.24. The van der Waals surface area contributed by atoms with Crippen LogP contribution in [0.4, 0.5) is 5.69 Å².